The molecule has 4 aromatic rings. The van der Waals surface area contributed by atoms with Crippen LogP contribution in [0.4, 0.5) is 5.69 Å². The summed E-state index contributed by atoms with van der Waals surface area (Å²) in [6.45, 7) is 0.715. The third kappa shape index (κ3) is 4.90. The molecule has 11 heteroatoms. The summed E-state index contributed by atoms with van der Waals surface area (Å²) in [5.74, 6) is -0.503. The van der Waals surface area contributed by atoms with Crippen LogP contribution in [-0.4, -0.2) is 53.4 Å². The van der Waals surface area contributed by atoms with Crippen LogP contribution in [0.5, 0.6) is 0 Å². The summed E-state index contributed by atoms with van der Waals surface area (Å²) >= 11 is 0. The molecular formula is C29H34N8O3. The van der Waals surface area contributed by atoms with E-state index in [0.29, 0.717) is 40.8 Å². The maximum Gasteiger partial charge on any atom is 0.261 e. The molecule has 1 aliphatic heterocycles. The monoisotopic (exact) mass is 542 g/mol. The molecule has 0 spiro atoms. The summed E-state index contributed by atoms with van der Waals surface area (Å²) in [7, 11) is 0. The van der Waals surface area contributed by atoms with Crippen LogP contribution in [0.3, 0.4) is 0 Å². The second kappa shape index (κ2) is 10.5. The first-order valence-corrected chi connectivity index (χ1v) is 14.5. The number of hydrogen-bond acceptors (Lipinski definition) is 6. The van der Waals surface area contributed by atoms with E-state index in [9.17, 15) is 9.59 Å². The summed E-state index contributed by atoms with van der Waals surface area (Å²) in [6, 6.07) is 4.34. The lowest BCUT2D eigenvalue weighted by Crippen LogP contribution is -2.26. The molecule has 2 N–H and O–H groups in total. The average Bonchev–Trinajstić information content (AvgIpc) is 3.36. The Morgan fingerprint density at radius 1 is 0.900 bits per heavy atom. The van der Waals surface area contributed by atoms with Crippen LogP contribution in [-0.2, 0) is 4.74 Å². The van der Waals surface area contributed by atoms with Gasteiger partial charge < -0.3 is 19.9 Å². The highest BCUT2D eigenvalue weighted by molar-refractivity contribution is 6.11. The number of nitrogens with one attached hydrogen (secondary N) is 2. The van der Waals surface area contributed by atoms with Crippen molar-refractivity contribution in [2.75, 3.05) is 11.9 Å². The van der Waals surface area contributed by atoms with Gasteiger partial charge >= 0.3 is 0 Å². The van der Waals surface area contributed by atoms with Crippen LogP contribution in [0.15, 0.2) is 43.1 Å². The number of fused-ring (bicyclic) bond motifs is 1. The Labute approximate surface area is 231 Å². The molecule has 4 aromatic heterocycles. The van der Waals surface area contributed by atoms with E-state index in [2.05, 4.69) is 25.4 Å². The lowest BCUT2D eigenvalue weighted by atomic mass is 9.95. The molecule has 2 saturated carbocycles. The highest BCUT2D eigenvalue weighted by Gasteiger charge is 2.28. The van der Waals surface area contributed by atoms with E-state index in [0.717, 1.165) is 50.6 Å². The van der Waals surface area contributed by atoms with Gasteiger partial charge in [-0.05, 0) is 57.1 Å². The molecule has 2 amide bonds. The molecule has 0 aromatic carbocycles. The number of rotatable bonds is 7. The second-order valence-corrected chi connectivity index (χ2v) is 11.1. The number of nitrogens with zero attached hydrogens (tertiary/aromatic N) is 6. The van der Waals surface area contributed by atoms with Gasteiger partial charge in [0.15, 0.2) is 11.9 Å². The maximum atomic E-state index is 13.6. The summed E-state index contributed by atoms with van der Waals surface area (Å²) in [5, 5.41) is 14.9. The number of carbonyl (C=O) groups excluding carboxylic acids is 2. The Bertz CT molecular complexity index is 1540. The van der Waals surface area contributed by atoms with E-state index in [1.807, 2.05) is 29.2 Å². The van der Waals surface area contributed by atoms with Crippen LogP contribution in [0.25, 0.3) is 17.0 Å². The highest BCUT2D eigenvalue weighted by Crippen LogP contribution is 2.32. The van der Waals surface area contributed by atoms with Crippen LogP contribution in [0.1, 0.15) is 97.2 Å². The van der Waals surface area contributed by atoms with Crippen molar-refractivity contribution in [3.05, 3.63) is 54.2 Å². The summed E-state index contributed by atoms with van der Waals surface area (Å²) < 4.78 is 11.5. The Morgan fingerprint density at radius 3 is 2.55 bits per heavy atom. The van der Waals surface area contributed by atoms with Crippen molar-refractivity contribution in [3.63, 3.8) is 0 Å². The molecule has 3 fully saturated rings. The fourth-order valence-electron chi connectivity index (χ4n) is 5.86. The van der Waals surface area contributed by atoms with Gasteiger partial charge in [0.05, 0.1) is 28.8 Å². The third-order valence-corrected chi connectivity index (χ3v) is 8.22. The van der Waals surface area contributed by atoms with Crippen LogP contribution in [0, 0.1) is 0 Å². The van der Waals surface area contributed by atoms with Gasteiger partial charge in [-0.1, -0.05) is 19.3 Å². The quantitative estimate of drug-likeness (QED) is 0.348. The summed E-state index contributed by atoms with van der Waals surface area (Å²) in [5.41, 5.74) is 3.28. The van der Waals surface area contributed by atoms with Crippen molar-refractivity contribution in [3.8, 4) is 11.4 Å². The first-order valence-electron chi connectivity index (χ1n) is 14.5. The van der Waals surface area contributed by atoms with Crippen molar-refractivity contribution in [1.82, 2.24) is 34.3 Å². The molecule has 0 bridgehead atoms. The van der Waals surface area contributed by atoms with E-state index in [1.54, 1.807) is 16.9 Å². The lowest BCUT2D eigenvalue weighted by molar-refractivity contribution is -0.0384. The molecule has 1 unspecified atom stereocenters. The molecule has 2 aliphatic carbocycles. The molecule has 0 radical (unpaired) electrons. The molecule has 208 valence electrons. The van der Waals surface area contributed by atoms with E-state index >= 15 is 0 Å². The Balaban J connectivity index is 1.18. The van der Waals surface area contributed by atoms with Crippen molar-refractivity contribution in [2.45, 2.75) is 82.5 Å². The fourth-order valence-corrected chi connectivity index (χ4v) is 5.86. The van der Waals surface area contributed by atoms with Gasteiger partial charge in [0.25, 0.3) is 11.8 Å². The van der Waals surface area contributed by atoms with Gasteiger partial charge in [-0.2, -0.15) is 10.2 Å². The van der Waals surface area contributed by atoms with E-state index in [1.165, 1.54) is 25.5 Å². The molecular weight excluding hydrogens is 508 g/mol. The maximum absolute atomic E-state index is 13.6. The molecule has 40 heavy (non-hydrogen) atoms. The smallest absolute Gasteiger partial charge is 0.261 e. The normalized spacial score (nSPS) is 20.1. The molecule has 1 saturated heterocycles. The Morgan fingerprint density at radius 2 is 1.75 bits per heavy atom. The Hall–Kier alpha value is -3.99. The van der Waals surface area contributed by atoms with Crippen molar-refractivity contribution < 1.29 is 14.3 Å². The van der Waals surface area contributed by atoms with Gasteiger partial charge in [-0.25, -0.2) is 14.2 Å². The topological polar surface area (TPSA) is 120 Å². The predicted octanol–water partition coefficient (Wildman–Crippen LogP) is 4.74. The SMILES string of the molecule is O=C(NC1CC1)c1cn(C2CCCCC2)cc1NC(=O)c1cnn2ccc(-c3ccnn3C3CCCCO3)nc12. The van der Waals surface area contributed by atoms with E-state index in [4.69, 9.17) is 9.72 Å². The van der Waals surface area contributed by atoms with Crippen LogP contribution < -0.4 is 10.6 Å². The first-order chi connectivity index (χ1) is 19.6. The zero-order valence-corrected chi connectivity index (χ0v) is 22.5. The van der Waals surface area contributed by atoms with Gasteiger partial charge in [0.1, 0.15) is 5.56 Å². The van der Waals surface area contributed by atoms with Gasteiger partial charge in [-0.15, -0.1) is 0 Å². The molecule has 11 nitrogen and oxygen atoms in total. The Kier molecular flexibility index (Phi) is 6.58. The number of amides is 2. The zero-order valence-electron chi connectivity index (χ0n) is 22.5. The highest BCUT2D eigenvalue weighted by atomic mass is 16.5. The second-order valence-electron chi connectivity index (χ2n) is 11.1. The summed E-state index contributed by atoms with van der Waals surface area (Å²) in [6.07, 6.45) is 19.5. The standard InChI is InChI=1S/C29H34N8O3/c38-28(34-24-18-35(20-6-2-1-3-7-20)17-22(24)29(39)32-19-9-10-19)21-16-31-36-14-12-23(33-27(21)36)25-11-13-30-37(25)26-8-4-5-15-40-26/h11-14,16-20,26H,1-10,15H2,(H,32,39)(H,34,38). The fraction of sp³-hybridized carbons (Fsp3) is 0.483. The van der Waals surface area contributed by atoms with Gasteiger partial charge in [-0.3, -0.25) is 9.59 Å². The van der Waals surface area contributed by atoms with Crippen molar-refractivity contribution in [2.24, 2.45) is 0 Å². The van der Waals surface area contributed by atoms with Crippen molar-refractivity contribution in [1.29, 1.82) is 0 Å². The lowest BCUT2D eigenvalue weighted by Gasteiger charge is -2.24. The third-order valence-electron chi connectivity index (χ3n) is 8.22. The molecule has 7 rings (SSSR count). The zero-order chi connectivity index (χ0) is 27.1. The minimum Gasteiger partial charge on any atom is -0.356 e. The number of anilines is 1. The molecule has 5 heterocycles. The van der Waals surface area contributed by atoms with E-state index in [-0.39, 0.29) is 24.1 Å². The van der Waals surface area contributed by atoms with Gasteiger partial charge in [0.2, 0.25) is 0 Å². The number of carbonyl (C=O) groups is 2. The van der Waals surface area contributed by atoms with Crippen LogP contribution in [0.2, 0.25) is 0 Å². The minimum absolute atomic E-state index is 0.127. The van der Waals surface area contributed by atoms with Crippen LogP contribution >= 0.6 is 0 Å². The first kappa shape index (κ1) is 25.0. The molecule has 3 aliphatic rings. The minimum atomic E-state index is -0.356. The molecule has 1 atom stereocenters. The number of hydrogen-bond donors (Lipinski definition) is 2. The average molecular weight is 543 g/mol. The number of aromatic nitrogens is 6. The number of ether oxygens (including phenoxy) is 1. The predicted molar refractivity (Wildman–Crippen MR) is 148 cm³/mol. The summed E-state index contributed by atoms with van der Waals surface area (Å²) in [4.78, 5) is 31.5. The van der Waals surface area contributed by atoms with Gasteiger partial charge in [0, 0.05) is 43.5 Å². The largest absolute Gasteiger partial charge is 0.356 e. The van der Waals surface area contributed by atoms with Crippen molar-refractivity contribution >= 4 is 23.1 Å². The van der Waals surface area contributed by atoms with E-state index < -0.39 is 0 Å².